The molecule has 0 aromatic carbocycles. The summed E-state index contributed by atoms with van der Waals surface area (Å²) < 4.78 is 5.07. The van der Waals surface area contributed by atoms with Crippen LogP contribution in [0, 0.1) is 6.92 Å². The first-order chi connectivity index (χ1) is 5.61. The topological polar surface area (TPSA) is 50.4 Å². The summed E-state index contributed by atoms with van der Waals surface area (Å²) in [6.45, 7) is 1.88. The van der Waals surface area contributed by atoms with E-state index in [9.17, 15) is 4.79 Å². The van der Waals surface area contributed by atoms with Crippen LogP contribution in [0.4, 0.5) is 0 Å². The van der Waals surface area contributed by atoms with Gasteiger partial charge in [0, 0.05) is 6.42 Å². The highest BCUT2D eigenvalue weighted by molar-refractivity contribution is 7.81. The third-order valence-corrected chi connectivity index (χ3v) is 2.04. The number of furan rings is 1. The van der Waals surface area contributed by atoms with Crippen molar-refractivity contribution >= 4 is 18.6 Å². The smallest absolute Gasteiger partial charge is 0.316 e. The number of carboxylic acids is 1. The first-order valence-corrected chi connectivity index (χ1v) is 4.06. The maximum absolute atomic E-state index is 10.4. The average Bonchev–Trinajstić information content (AvgIpc) is 2.36. The van der Waals surface area contributed by atoms with Gasteiger partial charge in [-0.25, -0.2) is 0 Å². The highest BCUT2D eigenvalue weighted by Gasteiger charge is 2.15. The van der Waals surface area contributed by atoms with E-state index in [-0.39, 0.29) is 0 Å². The molecular formula is C8H10O3S. The fourth-order valence-electron chi connectivity index (χ4n) is 0.876. The molecule has 12 heavy (non-hydrogen) atoms. The van der Waals surface area contributed by atoms with Gasteiger partial charge in [-0.15, -0.1) is 0 Å². The summed E-state index contributed by atoms with van der Waals surface area (Å²) >= 11 is 3.90. The van der Waals surface area contributed by atoms with Crippen LogP contribution >= 0.6 is 12.6 Å². The van der Waals surface area contributed by atoms with Gasteiger partial charge in [-0.2, -0.15) is 12.6 Å². The Morgan fingerprint density at radius 3 is 2.92 bits per heavy atom. The van der Waals surface area contributed by atoms with Gasteiger partial charge in [-0.1, -0.05) is 0 Å². The minimum atomic E-state index is -0.922. The van der Waals surface area contributed by atoms with Crippen LogP contribution in [0.1, 0.15) is 11.3 Å². The minimum Gasteiger partial charge on any atom is -0.480 e. The molecule has 66 valence electrons. The quantitative estimate of drug-likeness (QED) is 0.703. The zero-order chi connectivity index (χ0) is 9.14. The lowest BCUT2D eigenvalue weighted by molar-refractivity contribution is -0.136. The van der Waals surface area contributed by atoms with Crippen molar-refractivity contribution in [2.45, 2.75) is 18.6 Å². The maximum Gasteiger partial charge on any atom is 0.316 e. The number of carboxylic acid groups (broad SMARTS) is 1. The Balaban J connectivity index is 2.64. The zero-order valence-electron chi connectivity index (χ0n) is 6.65. The molecule has 0 fully saturated rings. The van der Waals surface area contributed by atoms with E-state index in [0.717, 1.165) is 5.56 Å². The summed E-state index contributed by atoms with van der Waals surface area (Å²) in [4.78, 5) is 10.4. The van der Waals surface area contributed by atoms with Gasteiger partial charge < -0.3 is 9.52 Å². The Kier molecular flexibility index (Phi) is 2.81. The summed E-state index contributed by atoms with van der Waals surface area (Å²) in [6, 6.07) is 1.80. The molecule has 1 unspecified atom stereocenters. The van der Waals surface area contributed by atoms with Gasteiger partial charge in [0.25, 0.3) is 0 Å². The second kappa shape index (κ2) is 3.67. The van der Waals surface area contributed by atoms with E-state index in [1.807, 2.05) is 6.92 Å². The molecule has 1 heterocycles. The molecule has 1 rings (SSSR count). The predicted octanol–water partition coefficient (Wildman–Crippen LogP) is 1.51. The molecule has 1 aromatic heterocycles. The standard InChI is InChI=1S/C8H10O3S/c1-5-2-3-11-6(5)4-7(12)8(9)10/h2-3,7,12H,4H2,1H3,(H,9,10). The van der Waals surface area contributed by atoms with Crippen LogP contribution in [-0.2, 0) is 11.2 Å². The molecule has 0 saturated heterocycles. The molecule has 0 spiro atoms. The molecule has 0 aliphatic heterocycles. The van der Waals surface area contributed by atoms with Crippen molar-refractivity contribution in [2.75, 3.05) is 0 Å². The summed E-state index contributed by atoms with van der Waals surface area (Å²) in [5.41, 5.74) is 0.968. The molecular weight excluding hydrogens is 176 g/mol. The number of aliphatic carboxylic acids is 1. The van der Waals surface area contributed by atoms with Crippen LogP contribution in [0.5, 0.6) is 0 Å². The number of rotatable bonds is 3. The molecule has 4 heteroatoms. The summed E-state index contributed by atoms with van der Waals surface area (Å²) in [5, 5.41) is 7.87. The molecule has 1 N–H and O–H groups in total. The van der Waals surface area contributed by atoms with Crippen molar-refractivity contribution in [1.29, 1.82) is 0 Å². The van der Waals surface area contributed by atoms with E-state index in [1.54, 1.807) is 12.3 Å². The van der Waals surface area contributed by atoms with Crippen molar-refractivity contribution in [3.63, 3.8) is 0 Å². The summed E-state index contributed by atoms with van der Waals surface area (Å²) in [5.74, 6) is -0.230. The van der Waals surface area contributed by atoms with Crippen LogP contribution in [0.15, 0.2) is 16.7 Å². The lowest BCUT2D eigenvalue weighted by atomic mass is 10.2. The van der Waals surface area contributed by atoms with Crippen LogP contribution in [0.25, 0.3) is 0 Å². The monoisotopic (exact) mass is 186 g/mol. The SMILES string of the molecule is Cc1ccoc1CC(S)C(=O)O. The van der Waals surface area contributed by atoms with Crippen molar-refractivity contribution in [2.24, 2.45) is 0 Å². The van der Waals surface area contributed by atoms with Crippen molar-refractivity contribution in [1.82, 2.24) is 0 Å². The van der Waals surface area contributed by atoms with E-state index in [2.05, 4.69) is 12.6 Å². The summed E-state index contributed by atoms with van der Waals surface area (Å²) in [6.07, 6.45) is 1.88. The average molecular weight is 186 g/mol. The van der Waals surface area contributed by atoms with Crippen LogP contribution < -0.4 is 0 Å². The molecule has 0 aliphatic carbocycles. The Labute approximate surface area is 75.8 Å². The molecule has 1 aromatic rings. The Bertz CT molecular complexity index is 280. The summed E-state index contributed by atoms with van der Waals surface area (Å²) in [7, 11) is 0. The van der Waals surface area contributed by atoms with Crippen LogP contribution in [0.3, 0.4) is 0 Å². The van der Waals surface area contributed by atoms with Gasteiger partial charge in [0.2, 0.25) is 0 Å². The zero-order valence-corrected chi connectivity index (χ0v) is 7.54. The highest BCUT2D eigenvalue weighted by Crippen LogP contribution is 2.13. The molecule has 0 aliphatic rings. The van der Waals surface area contributed by atoms with E-state index in [0.29, 0.717) is 12.2 Å². The first-order valence-electron chi connectivity index (χ1n) is 3.55. The number of aryl methyl sites for hydroxylation is 1. The Hall–Kier alpha value is -0.900. The van der Waals surface area contributed by atoms with Crippen LogP contribution in [-0.4, -0.2) is 16.3 Å². The lowest BCUT2D eigenvalue weighted by Crippen LogP contribution is -2.16. The van der Waals surface area contributed by atoms with E-state index in [1.165, 1.54) is 0 Å². The normalized spacial score (nSPS) is 12.8. The largest absolute Gasteiger partial charge is 0.480 e. The third kappa shape index (κ3) is 2.04. The number of hydrogen-bond donors (Lipinski definition) is 2. The lowest BCUT2D eigenvalue weighted by Gasteiger charge is -2.02. The minimum absolute atomic E-state index is 0.331. The molecule has 0 saturated carbocycles. The molecule has 0 radical (unpaired) electrons. The van der Waals surface area contributed by atoms with E-state index >= 15 is 0 Å². The third-order valence-electron chi connectivity index (χ3n) is 1.63. The first kappa shape index (κ1) is 9.19. The maximum atomic E-state index is 10.4. The van der Waals surface area contributed by atoms with Gasteiger partial charge >= 0.3 is 5.97 Å². The van der Waals surface area contributed by atoms with Gasteiger partial charge in [-0.05, 0) is 18.6 Å². The fraction of sp³-hybridized carbons (Fsp3) is 0.375. The van der Waals surface area contributed by atoms with Gasteiger partial charge in [0.05, 0.1) is 6.26 Å². The van der Waals surface area contributed by atoms with Gasteiger partial charge in [-0.3, -0.25) is 4.79 Å². The van der Waals surface area contributed by atoms with Crippen molar-refractivity contribution in [3.05, 3.63) is 23.7 Å². The molecule has 3 nitrogen and oxygen atoms in total. The Morgan fingerprint density at radius 1 is 1.83 bits per heavy atom. The van der Waals surface area contributed by atoms with Crippen molar-refractivity contribution in [3.8, 4) is 0 Å². The van der Waals surface area contributed by atoms with Gasteiger partial charge in [0.1, 0.15) is 11.0 Å². The van der Waals surface area contributed by atoms with Crippen LogP contribution in [0.2, 0.25) is 0 Å². The number of thiol groups is 1. The molecule has 0 amide bonds. The number of carbonyl (C=O) groups is 1. The number of hydrogen-bond acceptors (Lipinski definition) is 3. The molecule has 0 bridgehead atoms. The molecule has 1 atom stereocenters. The van der Waals surface area contributed by atoms with Crippen molar-refractivity contribution < 1.29 is 14.3 Å². The van der Waals surface area contributed by atoms with E-state index in [4.69, 9.17) is 9.52 Å². The van der Waals surface area contributed by atoms with Gasteiger partial charge in [0.15, 0.2) is 0 Å². The predicted molar refractivity (Wildman–Crippen MR) is 47.6 cm³/mol. The fourth-order valence-corrected chi connectivity index (χ4v) is 1.04. The Morgan fingerprint density at radius 2 is 2.50 bits per heavy atom. The second-order valence-corrected chi connectivity index (χ2v) is 3.21. The second-order valence-electron chi connectivity index (χ2n) is 2.58. The van der Waals surface area contributed by atoms with E-state index < -0.39 is 11.2 Å². The highest BCUT2D eigenvalue weighted by atomic mass is 32.1.